The molecule has 0 aromatic heterocycles. The zero-order valence-corrected chi connectivity index (χ0v) is 12.2. The maximum absolute atomic E-state index is 14.3. The van der Waals surface area contributed by atoms with E-state index in [0.29, 0.717) is 32.0 Å². The predicted octanol–water partition coefficient (Wildman–Crippen LogP) is 4.05. The van der Waals surface area contributed by atoms with Crippen LogP contribution in [0, 0.1) is 45.9 Å². The van der Waals surface area contributed by atoms with Crippen molar-refractivity contribution >= 4 is 11.8 Å². The summed E-state index contributed by atoms with van der Waals surface area (Å²) in [6.45, 7) is 0.618. The number of hydrogen-bond donors (Lipinski definition) is 0. The minimum atomic E-state index is -1.61. The molecule has 0 unspecified atom stereocenters. The van der Waals surface area contributed by atoms with Gasteiger partial charge in [-0.15, -0.1) is 0 Å². The Balaban J connectivity index is 2.59. The summed E-state index contributed by atoms with van der Waals surface area (Å²) in [7, 11) is 0. The van der Waals surface area contributed by atoms with E-state index in [1.165, 1.54) is 17.0 Å². The molecule has 0 spiro atoms. The molecule has 0 bridgehead atoms. The number of allylic oxidation sites excluding steroid dienone is 1. The minimum Gasteiger partial charge on any atom is -0.367 e. The Hall–Kier alpha value is -2.54. The van der Waals surface area contributed by atoms with Crippen LogP contribution in [-0.2, 0) is 0 Å². The largest absolute Gasteiger partial charge is 0.367 e. The van der Waals surface area contributed by atoms with E-state index in [2.05, 4.69) is 0 Å². The van der Waals surface area contributed by atoms with Gasteiger partial charge in [-0.25, -0.2) is 17.6 Å². The zero-order chi connectivity index (χ0) is 17.0. The highest BCUT2D eigenvalue weighted by Gasteiger charge is 2.28. The molecule has 1 aromatic rings. The third kappa shape index (κ3) is 3.29. The van der Waals surface area contributed by atoms with Gasteiger partial charge in [-0.3, -0.25) is 0 Å². The van der Waals surface area contributed by atoms with Gasteiger partial charge in [0.15, 0.2) is 23.3 Å². The number of nitriles is 2. The molecule has 0 aliphatic carbocycles. The van der Waals surface area contributed by atoms with Crippen LogP contribution in [0.25, 0.3) is 6.08 Å². The van der Waals surface area contributed by atoms with Crippen molar-refractivity contribution in [2.45, 2.75) is 25.7 Å². The molecule has 0 radical (unpaired) electrons. The molecule has 23 heavy (non-hydrogen) atoms. The Morgan fingerprint density at radius 2 is 1.30 bits per heavy atom. The van der Waals surface area contributed by atoms with E-state index in [1.807, 2.05) is 0 Å². The van der Waals surface area contributed by atoms with Crippen molar-refractivity contribution in [1.29, 1.82) is 10.5 Å². The van der Waals surface area contributed by atoms with Crippen LogP contribution in [0.2, 0.25) is 0 Å². The van der Waals surface area contributed by atoms with Gasteiger partial charge in [-0.1, -0.05) is 12.8 Å². The molecule has 0 atom stereocenters. The molecule has 0 saturated carbocycles. The summed E-state index contributed by atoms with van der Waals surface area (Å²) in [6, 6.07) is 2.78. The van der Waals surface area contributed by atoms with Crippen molar-refractivity contribution in [2.24, 2.45) is 0 Å². The molecule has 3 nitrogen and oxygen atoms in total. The van der Waals surface area contributed by atoms with Crippen LogP contribution < -0.4 is 4.90 Å². The van der Waals surface area contributed by atoms with Crippen molar-refractivity contribution < 1.29 is 17.6 Å². The Bertz CT molecular complexity index is 675. The van der Waals surface area contributed by atoms with Gasteiger partial charge in [0.05, 0.1) is 5.56 Å². The lowest BCUT2D eigenvalue weighted by atomic mass is 10.1. The molecule has 1 heterocycles. The van der Waals surface area contributed by atoms with Crippen LogP contribution in [0.1, 0.15) is 31.2 Å². The van der Waals surface area contributed by atoms with E-state index in [1.54, 1.807) is 0 Å². The monoisotopic (exact) mass is 323 g/mol. The number of anilines is 1. The van der Waals surface area contributed by atoms with E-state index < -0.39 is 40.1 Å². The van der Waals surface area contributed by atoms with Crippen LogP contribution in [0.4, 0.5) is 23.2 Å². The Labute approximate surface area is 131 Å². The molecule has 1 fully saturated rings. The molecule has 0 amide bonds. The van der Waals surface area contributed by atoms with Crippen LogP contribution in [0.15, 0.2) is 5.57 Å². The van der Waals surface area contributed by atoms with Crippen molar-refractivity contribution in [3.8, 4) is 12.1 Å². The first-order chi connectivity index (χ1) is 11.0. The summed E-state index contributed by atoms with van der Waals surface area (Å²) in [4.78, 5) is 1.30. The fraction of sp³-hybridized carbons (Fsp3) is 0.375. The van der Waals surface area contributed by atoms with Gasteiger partial charge in [0, 0.05) is 13.1 Å². The summed E-state index contributed by atoms with van der Waals surface area (Å²) in [5.74, 6) is -6.23. The summed E-state index contributed by atoms with van der Waals surface area (Å²) in [5.41, 5.74) is -2.43. The standard InChI is InChI=1S/C16H13F4N3/c17-12-11(7-10(8-21)9-22)13(18)15(20)16(14(12)19)23-5-3-1-2-4-6-23/h7H,1-6H2. The molecule has 1 aromatic carbocycles. The molecular weight excluding hydrogens is 310 g/mol. The van der Waals surface area contributed by atoms with Gasteiger partial charge in [-0.05, 0) is 18.9 Å². The fourth-order valence-corrected chi connectivity index (χ4v) is 2.57. The van der Waals surface area contributed by atoms with Crippen LogP contribution in [0.5, 0.6) is 0 Å². The first-order valence-electron chi connectivity index (χ1n) is 7.14. The summed E-state index contributed by atoms with van der Waals surface area (Å²) >= 11 is 0. The lowest BCUT2D eigenvalue weighted by Crippen LogP contribution is -2.27. The van der Waals surface area contributed by atoms with Crippen LogP contribution in [-0.4, -0.2) is 13.1 Å². The second-order valence-electron chi connectivity index (χ2n) is 5.20. The average Bonchev–Trinajstić information content (AvgIpc) is 2.83. The molecule has 0 N–H and O–H groups in total. The molecular formula is C16H13F4N3. The van der Waals surface area contributed by atoms with Gasteiger partial charge >= 0.3 is 0 Å². The van der Waals surface area contributed by atoms with Crippen LogP contribution in [0.3, 0.4) is 0 Å². The number of rotatable bonds is 2. The lowest BCUT2D eigenvalue weighted by Gasteiger charge is -2.24. The van der Waals surface area contributed by atoms with Crippen molar-refractivity contribution in [1.82, 2.24) is 0 Å². The number of benzene rings is 1. The van der Waals surface area contributed by atoms with E-state index >= 15 is 0 Å². The van der Waals surface area contributed by atoms with E-state index in [-0.39, 0.29) is 0 Å². The van der Waals surface area contributed by atoms with Crippen molar-refractivity contribution in [2.75, 3.05) is 18.0 Å². The highest BCUT2D eigenvalue weighted by molar-refractivity contribution is 5.66. The van der Waals surface area contributed by atoms with E-state index in [4.69, 9.17) is 10.5 Å². The summed E-state index contributed by atoms with van der Waals surface area (Å²) in [5, 5.41) is 17.2. The Kier molecular flexibility index (Phi) is 5.23. The zero-order valence-electron chi connectivity index (χ0n) is 12.2. The molecule has 120 valence electrons. The average molecular weight is 323 g/mol. The minimum absolute atomic E-state index is 0.309. The van der Waals surface area contributed by atoms with Crippen molar-refractivity contribution in [3.05, 3.63) is 34.4 Å². The van der Waals surface area contributed by atoms with Crippen molar-refractivity contribution in [3.63, 3.8) is 0 Å². The van der Waals surface area contributed by atoms with Gasteiger partial charge in [-0.2, -0.15) is 10.5 Å². The highest BCUT2D eigenvalue weighted by Crippen LogP contribution is 2.33. The highest BCUT2D eigenvalue weighted by atomic mass is 19.2. The van der Waals surface area contributed by atoms with Crippen LogP contribution >= 0.6 is 0 Å². The third-order valence-electron chi connectivity index (χ3n) is 3.73. The van der Waals surface area contributed by atoms with Gasteiger partial charge < -0.3 is 4.90 Å². The molecule has 1 aliphatic rings. The van der Waals surface area contributed by atoms with Gasteiger partial charge in [0.25, 0.3) is 0 Å². The summed E-state index contributed by atoms with van der Waals surface area (Å²) < 4.78 is 56.8. The maximum Gasteiger partial charge on any atom is 0.185 e. The first kappa shape index (κ1) is 16.8. The number of halogens is 4. The fourth-order valence-electron chi connectivity index (χ4n) is 2.57. The predicted molar refractivity (Wildman–Crippen MR) is 76.2 cm³/mol. The molecule has 2 rings (SSSR count). The quantitative estimate of drug-likeness (QED) is 0.468. The van der Waals surface area contributed by atoms with Gasteiger partial charge in [0.1, 0.15) is 23.4 Å². The number of hydrogen-bond acceptors (Lipinski definition) is 3. The SMILES string of the molecule is N#CC(C#N)=Cc1c(F)c(F)c(N2CCCCCC2)c(F)c1F. The number of nitrogens with zero attached hydrogens (tertiary/aromatic N) is 3. The second kappa shape index (κ2) is 7.15. The van der Waals surface area contributed by atoms with E-state index in [9.17, 15) is 17.6 Å². The van der Waals surface area contributed by atoms with E-state index in [0.717, 1.165) is 12.8 Å². The first-order valence-corrected chi connectivity index (χ1v) is 7.14. The molecule has 7 heteroatoms. The Morgan fingerprint density at radius 1 is 0.826 bits per heavy atom. The molecule has 1 aliphatic heterocycles. The smallest absolute Gasteiger partial charge is 0.185 e. The summed E-state index contributed by atoms with van der Waals surface area (Å²) in [6.07, 6.45) is 3.63. The third-order valence-corrected chi connectivity index (χ3v) is 3.73. The maximum atomic E-state index is 14.3. The second-order valence-corrected chi connectivity index (χ2v) is 5.20. The topological polar surface area (TPSA) is 50.8 Å². The Morgan fingerprint density at radius 3 is 1.74 bits per heavy atom. The lowest BCUT2D eigenvalue weighted by molar-refractivity contribution is 0.448. The normalized spacial score (nSPS) is 14.6. The van der Waals surface area contributed by atoms with Gasteiger partial charge in [0.2, 0.25) is 0 Å². The molecule has 1 saturated heterocycles.